The molecule has 0 saturated heterocycles. The van der Waals surface area contributed by atoms with Crippen LogP contribution in [-0.4, -0.2) is 26.5 Å². The summed E-state index contributed by atoms with van der Waals surface area (Å²) in [4.78, 5) is 0. The molecule has 0 heterocycles. The van der Waals surface area contributed by atoms with E-state index in [0.29, 0.717) is 0 Å². The average molecular weight is 283 g/mol. The fraction of sp³-hybridized carbons (Fsp3) is 0.600. The Kier molecular flexibility index (Phi) is 5.56. The summed E-state index contributed by atoms with van der Waals surface area (Å²) in [6, 6.07) is 5.93. The molecule has 0 saturated carbocycles. The highest BCUT2D eigenvalue weighted by Gasteiger charge is 2.28. The van der Waals surface area contributed by atoms with Crippen LogP contribution in [-0.2, 0) is 9.84 Å². The van der Waals surface area contributed by atoms with Gasteiger partial charge < -0.3 is 5.32 Å². The van der Waals surface area contributed by atoms with Crippen LogP contribution in [0.5, 0.6) is 0 Å². The highest BCUT2D eigenvalue weighted by Crippen LogP contribution is 2.26. The first-order valence-electron chi connectivity index (χ1n) is 6.77. The van der Waals surface area contributed by atoms with E-state index in [2.05, 4.69) is 32.2 Å². The minimum atomic E-state index is -3.07. The largest absolute Gasteiger partial charge is 0.309 e. The van der Waals surface area contributed by atoms with Gasteiger partial charge in [0.2, 0.25) is 0 Å². The van der Waals surface area contributed by atoms with Crippen molar-refractivity contribution in [2.45, 2.75) is 45.4 Å². The summed E-state index contributed by atoms with van der Waals surface area (Å²) in [5, 5.41) is 2.95. The monoisotopic (exact) mass is 283 g/mol. The number of sulfone groups is 1. The molecule has 2 unspecified atom stereocenters. The third-order valence-corrected chi connectivity index (χ3v) is 5.36. The van der Waals surface area contributed by atoms with Crippen LogP contribution in [0.2, 0.25) is 0 Å². The van der Waals surface area contributed by atoms with Crippen molar-refractivity contribution in [3.63, 3.8) is 0 Å². The molecule has 3 nitrogen and oxygen atoms in total. The van der Waals surface area contributed by atoms with Crippen LogP contribution in [0.3, 0.4) is 0 Å². The number of hydrogen-bond acceptors (Lipinski definition) is 3. The van der Waals surface area contributed by atoms with Gasteiger partial charge in [0.05, 0.1) is 5.25 Å². The van der Waals surface area contributed by atoms with Gasteiger partial charge in [-0.15, -0.1) is 0 Å². The summed E-state index contributed by atoms with van der Waals surface area (Å²) in [5.41, 5.74) is 3.46. The van der Waals surface area contributed by atoms with Crippen LogP contribution in [0, 0.1) is 13.8 Å². The predicted octanol–water partition coefficient (Wildman–Crippen LogP) is 2.78. The van der Waals surface area contributed by atoms with E-state index >= 15 is 0 Å². The van der Waals surface area contributed by atoms with Crippen molar-refractivity contribution in [3.05, 3.63) is 34.9 Å². The van der Waals surface area contributed by atoms with Crippen LogP contribution < -0.4 is 5.32 Å². The highest BCUT2D eigenvalue weighted by molar-refractivity contribution is 7.91. The molecular weight excluding hydrogens is 258 g/mol. The first-order chi connectivity index (χ1) is 8.79. The molecule has 0 amide bonds. The van der Waals surface area contributed by atoms with E-state index < -0.39 is 15.1 Å². The molecule has 0 aliphatic carbocycles. The molecule has 0 fully saturated rings. The van der Waals surface area contributed by atoms with E-state index in [1.165, 1.54) is 17.4 Å². The fourth-order valence-electron chi connectivity index (χ4n) is 2.19. The lowest BCUT2D eigenvalue weighted by Gasteiger charge is -2.26. The van der Waals surface area contributed by atoms with Gasteiger partial charge in [-0.3, -0.25) is 0 Å². The topological polar surface area (TPSA) is 46.2 Å². The van der Waals surface area contributed by atoms with Crippen LogP contribution >= 0.6 is 0 Å². The summed E-state index contributed by atoms with van der Waals surface area (Å²) in [6.45, 7) is 8.79. The second kappa shape index (κ2) is 6.53. The molecule has 108 valence electrons. The van der Waals surface area contributed by atoms with Gasteiger partial charge in [0.25, 0.3) is 0 Å². The molecule has 0 radical (unpaired) electrons. The van der Waals surface area contributed by atoms with E-state index in [4.69, 9.17) is 0 Å². The minimum Gasteiger partial charge on any atom is -0.309 e. The van der Waals surface area contributed by atoms with Crippen LogP contribution in [0.4, 0.5) is 0 Å². The lowest BCUT2D eigenvalue weighted by molar-refractivity contribution is 0.498. The van der Waals surface area contributed by atoms with Gasteiger partial charge in [-0.05, 0) is 50.4 Å². The number of aryl methyl sites for hydroxylation is 1. The third-order valence-electron chi connectivity index (χ3n) is 3.74. The van der Waals surface area contributed by atoms with Crippen LogP contribution in [0.1, 0.15) is 43.0 Å². The zero-order chi connectivity index (χ0) is 14.6. The molecule has 19 heavy (non-hydrogen) atoms. The van der Waals surface area contributed by atoms with Crippen LogP contribution in [0.15, 0.2) is 18.2 Å². The predicted molar refractivity (Wildman–Crippen MR) is 81.3 cm³/mol. The molecular formula is C15H25NO2S. The van der Waals surface area contributed by atoms with Gasteiger partial charge in [-0.1, -0.05) is 25.1 Å². The van der Waals surface area contributed by atoms with Gasteiger partial charge >= 0.3 is 0 Å². The van der Waals surface area contributed by atoms with Gasteiger partial charge in [-0.25, -0.2) is 8.42 Å². The summed E-state index contributed by atoms with van der Waals surface area (Å²) >= 11 is 0. The first-order valence-corrected chi connectivity index (χ1v) is 8.72. The Hall–Kier alpha value is -0.870. The quantitative estimate of drug-likeness (QED) is 0.873. The zero-order valence-electron chi connectivity index (χ0n) is 12.5. The third kappa shape index (κ3) is 4.05. The number of hydrogen-bond donors (Lipinski definition) is 1. The number of benzene rings is 1. The second-order valence-corrected chi connectivity index (χ2v) is 7.66. The Morgan fingerprint density at radius 2 is 1.89 bits per heavy atom. The maximum atomic E-state index is 11.9. The minimum absolute atomic E-state index is 0.144. The van der Waals surface area contributed by atoms with Crippen molar-refractivity contribution in [3.8, 4) is 0 Å². The SMILES string of the molecule is CCCNC(c1cccc(C)c1C)C(C)S(C)(=O)=O. The smallest absolute Gasteiger partial charge is 0.151 e. The van der Waals surface area contributed by atoms with Crippen molar-refractivity contribution in [2.24, 2.45) is 0 Å². The first kappa shape index (κ1) is 16.2. The Bertz CT molecular complexity index is 523. The average Bonchev–Trinajstić information content (AvgIpc) is 2.33. The van der Waals surface area contributed by atoms with Crippen LogP contribution in [0.25, 0.3) is 0 Å². The van der Waals surface area contributed by atoms with Gasteiger partial charge in [0.1, 0.15) is 0 Å². The summed E-state index contributed by atoms with van der Waals surface area (Å²) in [6.07, 6.45) is 2.29. The molecule has 1 rings (SSSR count). The molecule has 1 N–H and O–H groups in total. The molecule has 0 bridgehead atoms. The van der Waals surface area contributed by atoms with Crippen molar-refractivity contribution in [2.75, 3.05) is 12.8 Å². The Morgan fingerprint density at radius 3 is 2.42 bits per heavy atom. The summed E-state index contributed by atoms with van der Waals surface area (Å²) in [7, 11) is -3.07. The molecule has 0 spiro atoms. The normalized spacial score (nSPS) is 15.2. The molecule has 2 atom stereocenters. The van der Waals surface area contributed by atoms with E-state index in [0.717, 1.165) is 18.5 Å². The van der Waals surface area contributed by atoms with Crippen molar-refractivity contribution in [1.82, 2.24) is 5.32 Å². The van der Waals surface area contributed by atoms with E-state index in [9.17, 15) is 8.42 Å². The van der Waals surface area contributed by atoms with E-state index in [-0.39, 0.29) is 6.04 Å². The molecule has 1 aromatic carbocycles. The lowest BCUT2D eigenvalue weighted by atomic mass is 9.95. The van der Waals surface area contributed by atoms with E-state index in [1.807, 2.05) is 12.1 Å². The summed E-state index contributed by atoms with van der Waals surface area (Å²) < 4.78 is 23.7. The second-order valence-electron chi connectivity index (χ2n) is 5.26. The fourth-order valence-corrected chi connectivity index (χ4v) is 2.92. The molecule has 0 aliphatic rings. The van der Waals surface area contributed by atoms with Crippen molar-refractivity contribution < 1.29 is 8.42 Å². The molecule has 0 aromatic heterocycles. The molecule has 4 heteroatoms. The Balaban J connectivity index is 3.20. The lowest BCUT2D eigenvalue weighted by Crippen LogP contribution is -2.36. The number of rotatable bonds is 6. The van der Waals surface area contributed by atoms with Crippen molar-refractivity contribution in [1.29, 1.82) is 0 Å². The van der Waals surface area contributed by atoms with Crippen molar-refractivity contribution >= 4 is 9.84 Å². The standard InChI is InChI=1S/C15H25NO2S/c1-6-10-16-15(13(4)19(5,17)18)14-9-7-8-11(2)12(14)3/h7-9,13,15-16H,6,10H2,1-5H3. The van der Waals surface area contributed by atoms with Gasteiger partial charge in [0.15, 0.2) is 9.84 Å². The Morgan fingerprint density at radius 1 is 1.26 bits per heavy atom. The van der Waals surface area contributed by atoms with Gasteiger partial charge in [0, 0.05) is 12.3 Å². The zero-order valence-corrected chi connectivity index (χ0v) is 13.3. The summed E-state index contributed by atoms with van der Waals surface area (Å²) in [5.74, 6) is 0. The maximum absolute atomic E-state index is 11.9. The highest BCUT2D eigenvalue weighted by atomic mass is 32.2. The van der Waals surface area contributed by atoms with E-state index in [1.54, 1.807) is 6.92 Å². The maximum Gasteiger partial charge on any atom is 0.151 e. The van der Waals surface area contributed by atoms with Gasteiger partial charge in [-0.2, -0.15) is 0 Å². The molecule has 0 aliphatic heterocycles. The Labute approximate surface area is 117 Å². The molecule has 1 aromatic rings. The number of nitrogens with one attached hydrogen (secondary N) is 1.